The molecule has 10 heteroatoms. The van der Waals surface area contributed by atoms with Crippen molar-refractivity contribution in [1.29, 1.82) is 0 Å². The second-order valence-corrected chi connectivity index (χ2v) is 8.01. The van der Waals surface area contributed by atoms with Crippen LogP contribution in [0.25, 0.3) is 0 Å². The van der Waals surface area contributed by atoms with Crippen molar-refractivity contribution in [3.8, 4) is 0 Å². The maximum absolute atomic E-state index is 11.8. The summed E-state index contributed by atoms with van der Waals surface area (Å²) in [5.74, 6) is -0.159. The Bertz CT molecular complexity index is 962. The Balaban J connectivity index is 1.26. The number of carbonyl (C=O) groups is 1. The largest absolute Gasteiger partial charge is 0.370 e. The fourth-order valence-corrected chi connectivity index (χ4v) is 4.00. The molecule has 0 radical (unpaired) electrons. The van der Waals surface area contributed by atoms with Crippen LogP contribution in [0.3, 0.4) is 0 Å². The van der Waals surface area contributed by atoms with Gasteiger partial charge in [-0.25, -0.2) is 0 Å². The molecule has 0 saturated carbocycles. The number of amides is 1. The molecule has 1 saturated heterocycles. The standard InChI is InChI=1S/C22H26ClN7O2/c23-19-8-6-18(7-9-19)21(17-4-2-1-3-5-17)30-12-10-29(11-13-30)14-15-32-16-20(31)24-22-25-27-28-26-22/h1-9,21H,10-16H2,(H2,24,25,26,27,28,31). The topological polar surface area (TPSA) is 99.3 Å². The van der Waals surface area contributed by atoms with E-state index in [4.69, 9.17) is 16.3 Å². The summed E-state index contributed by atoms with van der Waals surface area (Å²) in [6, 6.07) is 18.9. The highest BCUT2D eigenvalue weighted by molar-refractivity contribution is 6.30. The van der Waals surface area contributed by atoms with Crippen molar-refractivity contribution in [3.05, 3.63) is 70.7 Å². The summed E-state index contributed by atoms with van der Waals surface area (Å²) in [6.45, 7) is 4.99. The molecule has 2 heterocycles. The van der Waals surface area contributed by atoms with Gasteiger partial charge in [-0.15, -0.1) is 5.10 Å². The van der Waals surface area contributed by atoms with Crippen LogP contribution in [0.1, 0.15) is 17.2 Å². The van der Waals surface area contributed by atoms with Crippen molar-refractivity contribution >= 4 is 23.5 Å². The molecule has 1 amide bonds. The first kappa shape index (κ1) is 22.3. The number of halogens is 1. The lowest BCUT2D eigenvalue weighted by Crippen LogP contribution is -2.48. The van der Waals surface area contributed by atoms with E-state index in [0.717, 1.165) is 37.7 Å². The van der Waals surface area contributed by atoms with Gasteiger partial charge >= 0.3 is 0 Å². The number of carbonyl (C=O) groups excluding carboxylic acids is 1. The van der Waals surface area contributed by atoms with E-state index in [-0.39, 0.29) is 24.5 Å². The van der Waals surface area contributed by atoms with Crippen molar-refractivity contribution in [1.82, 2.24) is 30.4 Å². The SMILES string of the molecule is O=C(COCCN1CCN(C(c2ccccc2)c2ccc(Cl)cc2)CC1)Nc1nn[nH]n1. The number of hydrogen-bond donors (Lipinski definition) is 2. The zero-order valence-corrected chi connectivity index (χ0v) is 18.4. The Morgan fingerprint density at radius 2 is 1.78 bits per heavy atom. The molecule has 3 aromatic rings. The Morgan fingerprint density at radius 1 is 1.06 bits per heavy atom. The van der Waals surface area contributed by atoms with Gasteiger partial charge in [-0.3, -0.25) is 19.9 Å². The second kappa shape index (κ2) is 11.1. The van der Waals surface area contributed by atoms with E-state index in [1.807, 2.05) is 18.2 Å². The number of nitrogens with one attached hydrogen (secondary N) is 2. The number of aromatic nitrogens is 4. The zero-order chi connectivity index (χ0) is 22.2. The Hall–Kier alpha value is -2.85. The predicted molar refractivity (Wildman–Crippen MR) is 121 cm³/mol. The highest BCUT2D eigenvalue weighted by atomic mass is 35.5. The zero-order valence-electron chi connectivity index (χ0n) is 17.7. The van der Waals surface area contributed by atoms with Crippen LogP contribution < -0.4 is 5.32 Å². The molecule has 4 rings (SSSR count). The van der Waals surface area contributed by atoms with E-state index in [9.17, 15) is 4.79 Å². The number of anilines is 1. The fourth-order valence-electron chi connectivity index (χ4n) is 3.87. The average molecular weight is 456 g/mol. The lowest BCUT2D eigenvalue weighted by Gasteiger charge is -2.39. The Labute approximate surface area is 191 Å². The van der Waals surface area contributed by atoms with Crippen LogP contribution in [0.5, 0.6) is 0 Å². The lowest BCUT2D eigenvalue weighted by molar-refractivity contribution is -0.120. The predicted octanol–water partition coefficient (Wildman–Crippen LogP) is 2.22. The number of tetrazole rings is 1. The van der Waals surface area contributed by atoms with Crippen molar-refractivity contribution in [3.63, 3.8) is 0 Å². The number of aromatic amines is 1. The average Bonchev–Trinajstić information content (AvgIpc) is 3.33. The third-order valence-corrected chi connectivity index (χ3v) is 5.71. The summed E-state index contributed by atoms with van der Waals surface area (Å²) < 4.78 is 5.51. The summed E-state index contributed by atoms with van der Waals surface area (Å²) in [7, 11) is 0. The molecule has 1 aromatic heterocycles. The molecule has 168 valence electrons. The number of piperazine rings is 1. The molecule has 0 bridgehead atoms. The first-order valence-corrected chi connectivity index (χ1v) is 10.9. The number of rotatable bonds is 9. The Morgan fingerprint density at radius 3 is 2.47 bits per heavy atom. The molecule has 32 heavy (non-hydrogen) atoms. The smallest absolute Gasteiger partial charge is 0.269 e. The third-order valence-electron chi connectivity index (χ3n) is 5.45. The summed E-state index contributed by atoms with van der Waals surface area (Å²) in [5, 5.41) is 16.3. The highest BCUT2D eigenvalue weighted by Gasteiger charge is 2.26. The minimum absolute atomic E-state index is 0.0405. The molecule has 2 N–H and O–H groups in total. The van der Waals surface area contributed by atoms with Gasteiger partial charge in [-0.05, 0) is 28.5 Å². The van der Waals surface area contributed by atoms with Gasteiger partial charge in [-0.2, -0.15) is 5.21 Å². The number of ether oxygens (including phenoxy) is 1. The highest BCUT2D eigenvalue weighted by Crippen LogP contribution is 2.30. The minimum atomic E-state index is -0.301. The van der Waals surface area contributed by atoms with E-state index in [1.54, 1.807) is 0 Å². The van der Waals surface area contributed by atoms with E-state index >= 15 is 0 Å². The van der Waals surface area contributed by atoms with Crippen molar-refractivity contribution in [2.24, 2.45) is 0 Å². The number of H-pyrrole nitrogens is 1. The van der Waals surface area contributed by atoms with Gasteiger partial charge in [-0.1, -0.05) is 59.2 Å². The number of benzene rings is 2. The maximum atomic E-state index is 11.8. The van der Waals surface area contributed by atoms with Crippen LogP contribution in [0, 0.1) is 0 Å². The molecule has 0 aliphatic carbocycles. The van der Waals surface area contributed by atoms with Crippen molar-refractivity contribution in [2.75, 3.05) is 51.3 Å². The summed E-state index contributed by atoms with van der Waals surface area (Å²) in [4.78, 5) is 16.7. The van der Waals surface area contributed by atoms with E-state index in [2.05, 4.69) is 72.1 Å². The van der Waals surface area contributed by atoms with Gasteiger partial charge in [0.15, 0.2) is 0 Å². The minimum Gasteiger partial charge on any atom is -0.370 e. The summed E-state index contributed by atoms with van der Waals surface area (Å²) in [5.41, 5.74) is 2.52. The van der Waals surface area contributed by atoms with E-state index < -0.39 is 0 Å². The molecule has 2 aromatic carbocycles. The molecule has 9 nitrogen and oxygen atoms in total. The second-order valence-electron chi connectivity index (χ2n) is 7.58. The van der Waals surface area contributed by atoms with Gasteiger partial charge in [0.2, 0.25) is 0 Å². The van der Waals surface area contributed by atoms with Crippen LogP contribution >= 0.6 is 11.6 Å². The Kier molecular flexibility index (Phi) is 7.78. The quantitative estimate of drug-likeness (QED) is 0.477. The third kappa shape index (κ3) is 6.10. The van der Waals surface area contributed by atoms with Gasteiger partial charge in [0, 0.05) is 37.7 Å². The maximum Gasteiger partial charge on any atom is 0.269 e. The van der Waals surface area contributed by atoms with E-state index in [0.29, 0.717) is 6.61 Å². The molecule has 1 unspecified atom stereocenters. The van der Waals surface area contributed by atoms with Crippen molar-refractivity contribution < 1.29 is 9.53 Å². The molecular formula is C22H26ClN7O2. The molecule has 1 fully saturated rings. The fraction of sp³-hybridized carbons (Fsp3) is 0.364. The summed E-state index contributed by atoms with van der Waals surface area (Å²) in [6.07, 6.45) is 0. The van der Waals surface area contributed by atoms with Crippen LogP contribution in [-0.4, -0.2) is 82.3 Å². The monoisotopic (exact) mass is 455 g/mol. The molecule has 1 atom stereocenters. The molecular weight excluding hydrogens is 430 g/mol. The van der Waals surface area contributed by atoms with Crippen LogP contribution in [0.15, 0.2) is 54.6 Å². The van der Waals surface area contributed by atoms with Gasteiger partial charge in [0.1, 0.15) is 6.61 Å². The number of hydrogen-bond acceptors (Lipinski definition) is 7. The van der Waals surface area contributed by atoms with E-state index in [1.165, 1.54) is 11.1 Å². The lowest BCUT2D eigenvalue weighted by atomic mass is 9.96. The van der Waals surface area contributed by atoms with Gasteiger partial charge in [0.05, 0.1) is 12.6 Å². The summed E-state index contributed by atoms with van der Waals surface area (Å²) >= 11 is 6.11. The molecule has 0 spiro atoms. The van der Waals surface area contributed by atoms with Crippen molar-refractivity contribution in [2.45, 2.75) is 6.04 Å². The molecule has 1 aliphatic rings. The first-order chi connectivity index (χ1) is 15.7. The normalized spacial score (nSPS) is 16.0. The first-order valence-electron chi connectivity index (χ1n) is 10.6. The van der Waals surface area contributed by atoms with Crippen LogP contribution in [0.4, 0.5) is 5.95 Å². The van der Waals surface area contributed by atoms with Gasteiger partial charge < -0.3 is 4.74 Å². The number of nitrogens with zero attached hydrogens (tertiary/aromatic N) is 5. The molecule has 1 aliphatic heterocycles. The van der Waals surface area contributed by atoms with Crippen LogP contribution in [-0.2, 0) is 9.53 Å². The van der Waals surface area contributed by atoms with Gasteiger partial charge in [0.25, 0.3) is 11.9 Å². The van der Waals surface area contributed by atoms with Crippen LogP contribution in [0.2, 0.25) is 5.02 Å².